The molecule has 28 heavy (non-hydrogen) atoms. The second-order valence-corrected chi connectivity index (χ2v) is 8.71. The first kappa shape index (κ1) is 20.7. The van der Waals surface area contributed by atoms with Crippen LogP contribution in [-0.2, 0) is 19.5 Å². The highest BCUT2D eigenvalue weighted by molar-refractivity contribution is 8.00. The molecule has 1 heterocycles. The normalized spacial score (nSPS) is 14.9. The minimum atomic E-state index is -3.90. The number of amides is 1. The molecule has 0 N–H and O–H groups in total. The van der Waals surface area contributed by atoms with Gasteiger partial charge in [-0.05, 0) is 24.3 Å². The van der Waals surface area contributed by atoms with Crippen LogP contribution in [0.5, 0.6) is 5.75 Å². The van der Waals surface area contributed by atoms with Crippen molar-refractivity contribution in [3.8, 4) is 5.75 Å². The maximum absolute atomic E-state index is 12.8. The van der Waals surface area contributed by atoms with Gasteiger partial charge < -0.3 is 14.2 Å². The standard InChI is InChI=1S/C19H21NO6S2/c1-24-9-10-25-11-12-26-15-7-8-17-18(13-15)28(22,23)20(19(17)21)14-27-16-5-3-2-4-6-16/h2-8,13H,9-12,14H2,1H3. The minimum absolute atomic E-state index is 0.0173. The van der Waals surface area contributed by atoms with E-state index in [0.29, 0.717) is 25.6 Å². The molecule has 0 saturated heterocycles. The van der Waals surface area contributed by atoms with Crippen LogP contribution in [-0.4, -0.2) is 58.0 Å². The Balaban J connectivity index is 1.65. The first-order chi connectivity index (χ1) is 13.5. The zero-order chi connectivity index (χ0) is 20.0. The number of nitrogens with zero attached hydrogens (tertiary/aromatic N) is 1. The summed E-state index contributed by atoms with van der Waals surface area (Å²) in [6.07, 6.45) is 0. The van der Waals surface area contributed by atoms with Crippen LogP contribution in [0.15, 0.2) is 58.3 Å². The lowest BCUT2D eigenvalue weighted by molar-refractivity contribution is 0.0544. The predicted octanol–water partition coefficient (Wildman–Crippen LogP) is 2.62. The van der Waals surface area contributed by atoms with Crippen LogP contribution >= 0.6 is 11.8 Å². The topological polar surface area (TPSA) is 82.1 Å². The maximum Gasteiger partial charge on any atom is 0.269 e. The molecule has 0 bridgehead atoms. The van der Waals surface area contributed by atoms with Gasteiger partial charge in [0.2, 0.25) is 0 Å². The molecule has 0 aliphatic carbocycles. The number of hydrogen-bond acceptors (Lipinski definition) is 7. The summed E-state index contributed by atoms with van der Waals surface area (Å²) >= 11 is 1.29. The van der Waals surface area contributed by atoms with E-state index in [1.54, 1.807) is 13.2 Å². The molecule has 9 heteroatoms. The molecule has 0 atom stereocenters. The largest absolute Gasteiger partial charge is 0.491 e. The number of ether oxygens (including phenoxy) is 3. The number of methoxy groups -OCH3 is 1. The van der Waals surface area contributed by atoms with Crippen molar-refractivity contribution in [2.75, 3.05) is 39.4 Å². The fraction of sp³-hybridized carbons (Fsp3) is 0.316. The van der Waals surface area contributed by atoms with E-state index in [0.717, 1.165) is 9.20 Å². The molecule has 3 rings (SSSR count). The maximum atomic E-state index is 12.8. The van der Waals surface area contributed by atoms with E-state index in [4.69, 9.17) is 14.2 Å². The molecule has 1 amide bonds. The Hall–Kier alpha value is -2.07. The zero-order valence-electron chi connectivity index (χ0n) is 15.4. The van der Waals surface area contributed by atoms with Gasteiger partial charge in [0.15, 0.2) is 0 Å². The van der Waals surface area contributed by atoms with Gasteiger partial charge in [0.05, 0.1) is 31.3 Å². The van der Waals surface area contributed by atoms with Crippen molar-refractivity contribution in [1.82, 2.24) is 4.31 Å². The molecule has 0 fully saturated rings. The molecule has 0 radical (unpaired) electrons. The van der Waals surface area contributed by atoms with Crippen LogP contribution in [0.2, 0.25) is 0 Å². The lowest BCUT2D eigenvalue weighted by atomic mass is 10.2. The Morgan fingerprint density at radius 1 is 1.00 bits per heavy atom. The summed E-state index contributed by atoms with van der Waals surface area (Å²) in [5.41, 5.74) is 0.164. The second-order valence-electron chi connectivity index (χ2n) is 5.86. The molecule has 1 aliphatic heterocycles. The summed E-state index contributed by atoms with van der Waals surface area (Å²) in [5.74, 6) is -0.125. The minimum Gasteiger partial charge on any atom is -0.491 e. The molecule has 1 aliphatic rings. The van der Waals surface area contributed by atoms with E-state index < -0.39 is 15.9 Å². The van der Waals surface area contributed by atoms with Gasteiger partial charge in [0.25, 0.3) is 15.9 Å². The Bertz CT molecular complexity index is 917. The molecule has 2 aromatic carbocycles. The zero-order valence-corrected chi connectivity index (χ0v) is 17.0. The predicted molar refractivity (Wildman–Crippen MR) is 105 cm³/mol. The Morgan fingerprint density at radius 3 is 2.50 bits per heavy atom. The first-order valence-corrected chi connectivity index (χ1v) is 11.0. The third-order valence-electron chi connectivity index (χ3n) is 4.00. The lowest BCUT2D eigenvalue weighted by Crippen LogP contribution is -2.29. The third kappa shape index (κ3) is 4.67. The highest BCUT2D eigenvalue weighted by Gasteiger charge is 2.41. The number of carbonyl (C=O) groups excluding carboxylic acids is 1. The van der Waals surface area contributed by atoms with Crippen molar-refractivity contribution in [2.45, 2.75) is 9.79 Å². The Labute approximate surface area is 168 Å². The summed E-state index contributed by atoms with van der Waals surface area (Å²) < 4.78 is 42.2. The number of rotatable bonds is 10. The van der Waals surface area contributed by atoms with Gasteiger partial charge in [0.1, 0.15) is 17.3 Å². The molecule has 0 unspecified atom stereocenters. The summed E-state index contributed by atoms with van der Waals surface area (Å²) in [5, 5.41) is 0. The van der Waals surface area contributed by atoms with Crippen molar-refractivity contribution in [1.29, 1.82) is 0 Å². The molecule has 2 aromatic rings. The van der Waals surface area contributed by atoms with Gasteiger partial charge in [-0.2, -0.15) is 0 Å². The summed E-state index contributed by atoms with van der Waals surface area (Å²) in [6, 6.07) is 13.8. The molecule has 0 saturated carbocycles. The smallest absolute Gasteiger partial charge is 0.269 e. The Kier molecular flexibility index (Phi) is 6.95. The van der Waals surface area contributed by atoms with Crippen molar-refractivity contribution in [2.24, 2.45) is 0 Å². The van der Waals surface area contributed by atoms with E-state index in [1.165, 1.54) is 23.9 Å². The fourth-order valence-corrected chi connectivity index (χ4v) is 5.28. The second kappa shape index (κ2) is 9.42. The van der Waals surface area contributed by atoms with Gasteiger partial charge in [-0.25, -0.2) is 12.7 Å². The molecule has 150 valence electrons. The highest BCUT2D eigenvalue weighted by Crippen LogP contribution is 2.35. The third-order valence-corrected chi connectivity index (χ3v) is 6.92. The fourth-order valence-electron chi connectivity index (χ4n) is 2.59. The van der Waals surface area contributed by atoms with Crippen LogP contribution in [0.4, 0.5) is 0 Å². The number of fused-ring (bicyclic) bond motifs is 1. The van der Waals surface area contributed by atoms with Gasteiger partial charge in [0, 0.05) is 18.1 Å². The van der Waals surface area contributed by atoms with Crippen LogP contribution in [0.1, 0.15) is 10.4 Å². The van der Waals surface area contributed by atoms with Gasteiger partial charge in [-0.3, -0.25) is 4.79 Å². The lowest BCUT2D eigenvalue weighted by Gasteiger charge is -2.14. The van der Waals surface area contributed by atoms with Gasteiger partial charge in [-0.15, -0.1) is 11.8 Å². The number of benzene rings is 2. The number of hydrogen-bond donors (Lipinski definition) is 0. The quantitative estimate of drug-likeness (QED) is 0.429. The van der Waals surface area contributed by atoms with E-state index in [2.05, 4.69) is 0 Å². The first-order valence-electron chi connectivity index (χ1n) is 8.62. The number of thioether (sulfide) groups is 1. The van der Waals surface area contributed by atoms with E-state index in [-0.39, 0.29) is 22.9 Å². The van der Waals surface area contributed by atoms with Gasteiger partial charge >= 0.3 is 0 Å². The van der Waals surface area contributed by atoms with Gasteiger partial charge in [-0.1, -0.05) is 18.2 Å². The van der Waals surface area contributed by atoms with Crippen LogP contribution in [0, 0.1) is 0 Å². The van der Waals surface area contributed by atoms with Crippen LogP contribution < -0.4 is 4.74 Å². The van der Waals surface area contributed by atoms with E-state index in [9.17, 15) is 13.2 Å². The molecular weight excluding hydrogens is 402 g/mol. The molecule has 0 aromatic heterocycles. The summed E-state index contributed by atoms with van der Waals surface area (Å²) in [6.45, 7) is 1.58. The van der Waals surface area contributed by atoms with Crippen molar-refractivity contribution in [3.63, 3.8) is 0 Å². The average Bonchev–Trinajstić information content (AvgIpc) is 2.89. The summed E-state index contributed by atoms with van der Waals surface area (Å²) in [7, 11) is -2.30. The Morgan fingerprint density at radius 2 is 1.75 bits per heavy atom. The monoisotopic (exact) mass is 423 g/mol. The van der Waals surface area contributed by atoms with Crippen molar-refractivity contribution < 1.29 is 27.4 Å². The van der Waals surface area contributed by atoms with Crippen molar-refractivity contribution in [3.05, 3.63) is 54.1 Å². The highest BCUT2D eigenvalue weighted by atomic mass is 32.2. The number of carbonyl (C=O) groups is 1. The van der Waals surface area contributed by atoms with Crippen molar-refractivity contribution >= 4 is 27.7 Å². The summed E-state index contributed by atoms with van der Waals surface area (Å²) in [4.78, 5) is 13.4. The van der Waals surface area contributed by atoms with E-state index in [1.807, 2.05) is 30.3 Å². The molecule has 0 spiro atoms. The van der Waals surface area contributed by atoms with Crippen LogP contribution in [0.25, 0.3) is 0 Å². The van der Waals surface area contributed by atoms with Crippen LogP contribution in [0.3, 0.4) is 0 Å². The number of sulfonamides is 1. The molecular formula is C19H21NO6S2. The van der Waals surface area contributed by atoms with E-state index >= 15 is 0 Å². The molecule has 7 nitrogen and oxygen atoms in total. The SMILES string of the molecule is COCCOCCOc1ccc2c(c1)S(=O)(=O)N(CSc1ccccc1)C2=O. The average molecular weight is 424 g/mol.